The fourth-order valence-electron chi connectivity index (χ4n) is 1.94. The average Bonchev–Trinajstić information content (AvgIpc) is 2.42. The van der Waals surface area contributed by atoms with E-state index in [4.69, 9.17) is 10.00 Å². The van der Waals surface area contributed by atoms with Crippen LogP contribution in [0.4, 0.5) is 0 Å². The van der Waals surface area contributed by atoms with Gasteiger partial charge in [-0.25, -0.2) is 0 Å². The molecule has 1 aromatic carbocycles. The summed E-state index contributed by atoms with van der Waals surface area (Å²) < 4.78 is 5.80. The number of nitriles is 1. The van der Waals surface area contributed by atoms with E-state index in [1.807, 2.05) is 6.07 Å². The van der Waals surface area contributed by atoms with Crippen LogP contribution in [0.2, 0.25) is 0 Å². The molecule has 0 spiro atoms. The molecule has 0 saturated heterocycles. The number of nitrogens with one attached hydrogen (secondary N) is 1. The van der Waals surface area contributed by atoms with Gasteiger partial charge >= 0.3 is 0 Å². The molecule has 1 aromatic rings. The van der Waals surface area contributed by atoms with E-state index in [1.165, 1.54) is 11.1 Å². The van der Waals surface area contributed by atoms with Gasteiger partial charge < -0.3 is 10.1 Å². The summed E-state index contributed by atoms with van der Waals surface area (Å²) in [4.78, 5) is 0. The Morgan fingerprint density at radius 3 is 2.89 bits per heavy atom. The number of hydrogen-bond acceptors (Lipinski definition) is 3. The van der Waals surface area contributed by atoms with Crippen molar-refractivity contribution < 1.29 is 4.74 Å². The smallest absolute Gasteiger partial charge is 0.124 e. The topological polar surface area (TPSA) is 45.0 Å². The predicted molar refractivity (Wildman–Crippen MR) is 78.2 cm³/mol. The Hall–Kier alpha value is -1.53. The molecule has 104 valence electrons. The largest absolute Gasteiger partial charge is 0.493 e. The average molecular weight is 260 g/mol. The van der Waals surface area contributed by atoms with Crippen LogP contribution >= 0.6 is 0 Å². The zero-order chi connectivity index (χ0) is 14.1. The molecular weight excluding hydrogens is 236 g/mol. The van der Waals surface area contributed by atoms with Crippen molar-refractivity contribution in [3.63, 3.8) is 0 Å². The molecular formula is C16H24N2O. The van der Waals surface area contributed by atoms with E-state index in [1.54, 1.807) is 0 Å². The summed E-state index contributed by atoms with van der Waals surface area (Å²) in [5.41, 5.74) is 2.44. The Kier molecular flexibility index (Phi) is 6.99. The molecule has 0 aliphatic heterocycles. The van der Waals surface area contributed by atoms with Crippen LogP contribution in [0.1, 0.15) is 50.3 Å². The van der Waals surface area contributed by atoms with Crippen molar-refractivity contribution in [1.82, 2.24) is 5.32 Å². The molecule has 1 N–H and O–H groups in total. The lowest BCUT2D eigenvalue weighted by atomic mass is 10.0. The molecule has 0 amide bonds. The van der Waals surface area contributed by atoms with Gasteiger partial charge in [0.1, 0.15) is 5.75 Å². The van der Waals surface area contributed by atoms with Gasteiger partial charge in [0.2, 0.25) is 0 Å². The molecule has 0 aliphatic rings. The molecule has 3 nitrogen and oxygen atoms in total. The SMILES string of the molecule is CCCNC(C)c1cc(C)ccc1OCCCC#N. The summed E-state index contributed by atoms with van der Waals surface area (Å²) in [6, 6.07) is 8.69. The van der Waals surface area contributed by atoms with Crippen LogP contribution in [0, 0.1) is 18.3 Å². The standard InChI is InChI=1S/C16H24N2O/c1-4-10-18-14(3)15-12-13(2)7-8-16(15)19-11-6-5-9-17/h7-8,12,14,18H,4-6,10-11H2,1-3H3. The summed E-state index contributed by atoms with van der Waals surface area (Å²) in [5.74, 6) is 0.930. The number of benzene rings is 1. The van der Waals surface area contributed by atoms with Crippen LogP contribution < -0.4 is 10.1 Å². The van der Waals surface area contributed by atoms with Crippen LogP contribution in [0.15, 0.2) is 18.2 Å². The normalized spacial score (nSPS) is 11.9. The van der Waals surface area contributed by atoms with Gasteiger partial charge in [-0.3, -0.25) is 0 Å². The molecule has 0 heterocycles. The Morgan fingerprint density at radius 1 is 1.42 bits per heavy atom. The summed E-state index contributed by atoms with van der Waals surface area (Å²) >= 11 is 0. The minimum Gasteiger partial charge on any atom is -0.493 e. The third kappa shape index (κ3) is 5.32. The maximum atomic E-state index is 8.52. The number of aryl methyl sites for hydroxylation is 1. The van der Waals surface area contributed by atoms with E-state index in [9.17, 15) is 0 Å². The second kappa shape index (κ2) is 8.55. The molecule has 1 unspecified atom stereocenters. The predicted octanol–water partition coefficient (Wildman–Crippen LogP) is 3.74. The number of rotatable bonds is 8. The van der Waals surface area contributed by atoms with Gasteiger partial charge in [0.25, 0.3) is 0 Å². The Bertz CT molecular complexity index is 423. The first kappa shape index (κ1) is 15.5. The Morgan fingerprint density at radius 2 is 2.21 bits per heavy atom. The van der Waals surface area contributed by atoms with Gasteiger partial charge in [0.05, 0.1) is 12.7 Å². The van der Waals surface area contributed by atoms with Crippen molar-refractivity contribution in [2.75, 3.05) is 13.2 Å². The maximum Gasteiger partial charge on any atom is 0.124 e. The highest BCUT2D eigenvalue weighted by Gasteiger charge is 2.11. The molecule has 0 saturated carbocycles. The second-order valence-corrected chi connectivity index (χ2v) is 4.83. The number of unbranched alkanes of at least 4 members (excludes halogenated alkanes) is 1. The zero-order valence-corrected chi connectivity index (χ0v) is 12.2. The van der Waals surface area contributed by atoms with Crippen LogP contribution in [-0.2, 0) is 0 Å². The van der Waals surface area contributed by atoms with Gasteiger partial charge in [-0.15, -0.1) is 0 Å². The van der Waals surface area contributed by atoms with Crippen molar-refractivity contribution >= 4 is 0 Å². The minimum absolute atomic E-state index is 0.283. The van der Waals surface area contributed by atoms with Gasteiger partial charge in [0, 0.05) is 18.0 Å². The summed E-state index contributed by atoms with van der Waals surface area (Å²) in [6.07, 6.45) is 2.44. The molecule has 0 aromatic heterocycles. The fraction of sp³-hybridized carbons (Fsp3) is 0.562. The van der Waals surface area contributed by atoms with Gasteiger partial charge in [0.15, 0.2) is 0 Å². The lowest BCUT2D eigenvalue weighted by molar-refractivity contribution is 0.306. The number of hydrogen-bond donors (Lipinski definition) is 1. The molecule has 19 heavy (non-hydrogen) atoms. The zero-order valence-electron chi connectivity index (χ0n) is 12.2. The van der Waals surface area contributed by atoms with E-state index < -0.39 is 0 Å². The molecule has 1 rings (SSSR count). The van der Waals surface area contributed by atoms with Crippen molar-refractivity contribution in [3.8, 4) is 11.8 Å². The fourth-order valence-corrected chi connectivity index (χ4v) is 1.94. The van der Waals surface area contributed by atoms with E-state index in [2.05, 4.69) is 44.3 Å². The maximum absolute atomic E-state index is 8.52. The third-order valence-electron chi connectivity index (χ3n) is 3.02. The lowest BCUT2D eigenvalue weighted by Crippen LogP contribution is -2.20. The van der Waals surface area contributed by atoms with Crippen molar-refractivity contribution in [2.24, 2.45) is 0 Å². The molecule has 3 heteroatoms. The quantitative estimate of drug-likeness (QED) is 0.724. The first-order valence-corrected chi connectivity index (χ1v) is 7.02. The number of nitrogens with zero attached hydrogens (tertiary/aromatic N) is 1. The van der Waals surface area contributed by atoms with Crippen molar-refractivity contribution in [3.05, 3.63) is 29.3 Å². The van der Waals surface area contributed by atoms with Crippen LogP contribution in [0.3, 0.4) is 0 Å². The summed E-state index contributed by atoms with van der Waals surface area (Å²) in [5, 5.41) is 12.0. The van der Waals surface area contributed by atoms with Crippen LogP contribution in [0.5, 0.6) is 5.75 Å². The highest BCUT2D eigenvalue weighted by Crippen LogP contribution is 2.26. The minimum atomic E-state index is 0.283. The second-order valence-electron chi connectivity index (χ2n) is 4.83. The first-order valence-electron chi connectivity index (χ1n) is 7.02. The number of ether oxygens (including phenoxy) is 1. The van der Waals surface area contributed by atoms with Crippen molar-refractivity contribution in [2.45, 2.75) is 46.1 Å². The Balaban J connectivity index is 2.71. The molecule has 0 bridgehead atoms. The van der Waals surface area contributed by atoms with Crippen LogP contribution in [0.25, 0.3) is 0 Å². The summed E-state index contributed by atoms with van der Waals surface area (Å²) in [7, 11) is 0. The van der Waals surface area contributed by atoms with E-state index >= 15 is 0 Å². The molecule has 0 fully saturated rings. The first-order chi connectivity index (χ1) is 9.19. The monoisotopic (exact) mass is 260 g/mol. The van der Waals surface area contributed by atoms with E-state index in [0.29, 0.717) is 13.0 Å². The highest BCUT2D eigenvalue weighted by atomic mass is 16.5. The highest BCUT2D eigenvalue weighted by molar-refractivity contribution is 5.39. The summed E-state index contributed by atoms with van der Waals surface area (Å²) in [6.45, 7) is 8.02. The van der Waals surface area contributed by atoms with Gasteiger partial charge in [-0.05, 0) is 39.3 Å². The third-order valence-corrected chi connectivity index (χ3v) is 3.02. The van der Waals surface area contributed by atoms with Gasteiger partial charge in [-0.1, -0.05) is 24.6 Å². The van der Waals surface area contributed by atoms with Crippen molar-refractivity contribution in [1.29, 1.82) is 5.26 Å². The Labute approximate surface area is 116 Å². The molecule has 1 atom stereocenters. The molecule has 0 aliphatic carbocycles. The van der Waals surface area contributed by atoms with Crippen LogP contribution in [-0.4, -0.2) is 13.2 Å². The lowest BCUT2D eigenvalue weighted by Gasteiger charge is -2.18. The van der Waals surface area contributed by atoms with E-state index in [-0.39, 0.29) is 6.04 Å². The van der Waals surface area contributed by atoms with Gasteiger partial charge in [-0.2, -0.15) is 5.26 Å². The molecule has 0 radical (unpaired) electrons. The van der Waals surface area contributed by atoms with E-state index in [0.717, 1.165) is 25.1 Å².